The Morgan fingerprint density at radius 3 is 2.62 bits per heavy atom. The first kappa shape index (κ1) is 21.9. The number of benzene rings is 1. The summed E-state index contributed by atoms with van der Waals surface area (Å²) >= 11 is 0. The van der Waals surface area contributed by atoms with Crippen molar-refractivity contribution in [3.8, 4) is 5.75 Å². The summed E-state index contributed by atoms with van der Waals surface area (Å²) in [6.45, 7) is 5.94. The molecule has 1 aliphatic rings. The number of fused-ring (bicyclic) bond motifs is 1. The molecule has 0 unspecified atom stereocenters. The molecule has 168 valence electrons. The van der Waals surface area contributed by atoms with Crippen molar-refractivity contribution in [1.82, 2.24) is 19.6 Å². The lowest BCUT2D eigenvalue weighted by atomic mass is 10.0. The molecule has 7 nitrogen and oxygen atoms in total. The van der Waals surface area contributed by atoms with Gasteiger partial charge in [-0.2, -0.15) is 0 Å². The lowest BCUT2D eigenvalue weighted by molar-refractivity contribution is -0.136. The second-order valence-electron chi connectivity index (χ2n) is 8.39. The van der Waals surface area contributed by atoms with Crippen LogP contribution < -0.4 is 10.1 Å². The van der Waals surface area contributed by atoms with Crippen molar-refractivity contribution >= 4 is 17.5 Å². The highest BCUT2D eigenvalue weighted by Crippen LogP contribution is 2.21. The number of ether oxygens (including phenoxy) is 1. The van der Waals surface area contributed by atoms with Crippen molar-refractivity contribution in [3.63, 3.8) is 0 Å². The van der Waals surface area contributed by atoms with Crippen LogP contribution in [-0.4, -0.2) is 45.3 Å². The first-order valence-corrected chi connectivity index (χ1v) is 11.3. The van der Waals surface area contributed by atoms with Gasteiger partial charge in [0, 0.05) is 62.5 Å². The molecule has 0 bridgehead atoms. The van der Waals surface area contributed by atoms with Gasteiger partial charge in [0.25, 0.3) is 5.91 Å². The number of amides is 2. The predicted octanol–water partition coefficient (Wildman–Crippen LogP) is 3.68. The number of likely N-dealkylation sites (tertiary alicyclic amines) is 1. The number of nitrogens with zero attached hydrogens (tertiary/aromatic N) is 3. The van der Waals surface area contributed by atoms with Crippen LogP contribution in [0, 0.1) is 5.92 Å². The van der Waals surface area contributed by atoms with Gasteiger partial charge in [-0.1, -0.05) is 13.8 Å². The number of carbonyl (C=O) groups excluding carboxylic acids is 2. The maximum absolute atomic E-state index is 12.5. The molecule has 1 aliphatic heterocycles. The van der Waals surface area contributed by atoms with Crippen LogP contribution in [0.4, 0.5) is 0 Å². The van der Waals surface area contributed by atoms with E-state index in [-0.39, 0.29) is 23.8 Å². The second kappa shape index (κ2) is 9.85. The van der Waals surface area contributed by atoms with Gasteiger partial charge in [0.05, 0.1) is 0 Å². The summed E-state index contributed by atoms with van der Waals surface area (Å²) in [6, 6.07) is 11.2. The molecule has 1 aromatic carbocycles. The summed E-state index contributed by atoms with van der Waals surface area (Å²) in [4.78, 5) is 31.0. The van der Waals surface area contributed by atoms with E-state index in [1.807, 2.05) is 59.8 Å². The zero-order valence-electron chi connectivity index (χ0n) is 18.7. The Bertz CT molecular complexity index is 1070. The fourth-order valence-electron chi connectivity index (χ4n) is 3.90. The molecule has 3 heterocycles. The molecule has 1 atom stereocenters. The van der Waals surface area contributed by atoms with Crippen molar-refractivity contribution < 1.29 is 14.3 Å². The van der Waals surface area contributed by atoms with Crippen LogP contribution in [0.3, 0.4) is 0 Å². The minimum absolute atomic E-state index is 0.0831. The molecule has 3 aromatic rings. The van der Waals surface area contributed by atoms with Gasteiger partial charge in [-0.25, -0.2) is 4.98 Å². The molecule has 2 amide bonds. The van der Waals surface area contributed by atoms with Crippen LogP contribution in [0.2, 0.25) is 0 Å². The number of hydrogen-bond acceptors (Lipinski definition) is 4. The minimum atomic E-state index is -0.128. The fourth-order valence-corrected chi connectivity index (χ4v) is 3.90. The zero-order valence-corrected chi connectivity index (χ0v) is 18.7. The van der Waals surface area contributed by atoms with Crippen LogP contribution in [0.25, 0.3) is 5.65 Å². The number of hydrogen-bond donors (Lipinski definition) is 1. The van der Waals surface area contributed by atoms with Crippen LogP contribution in [0.1, 0.15) is 49.0 Å². The van der Waals surface area contributed by atoms with Crippen LogP contribution in [0.5, 0.6) is 5.75 Å². The summed E-state index contributed by atoms with van der Waals surface area (Å²) in [5.41, 5.74) is 2.44. The Morgan fingerprint density at radius 1 is 1.16 bits per heavy atom. The molecule has 1 fully saturated rings. The van der Waals surface area contributed by atoms with Gasteiger partial charge < -0.3 is 19.4 Å². The number of pyridine rings is 1. The summed E-state index contributed by atoms with van der Waals surface area (Å²) in [5, 5.41) is 2.95. The molecule has 7 heteroatoms. The molecule has 0 aliphatic carbocycles. The molecule has 4 rings (SSSR count). The van der Waals surface area contributed by atoms with Crippen molar-refractivity contribution in [3.05, 3.63) is 66.1 Å². The highest BCUT2D eigenvalue weighted by molar-refractivity contribution is 5.94. The van der Waals surface area contributed by atoms with Gasteiger partial charge in [-0.15, -0.1) is 0 Å². The topological polar surface area (TPSA) is 75.9 Å². The average Bonchev–Trinajstić information content (AvgIpc) is 3.30. The first-order chi connectivity index (χ1) is 15.5. The van der Waals surface area contributed by atoms with E-state index in [2.05, 4.69) is 10.3 Å². The Hall–Kier alpha value is -3.35. The van der Waals surface area contributed by atoms with E-state index in [9.17, 15) is 9.59 Å². The molecule has 1 saturated heterocycles. The lowest BCUT2D eigenvalue weighted by Gasteiger charge is -2.33. The Kier molecular flexibility index (Phi) is 6.73. The molecule has 0 spiro atoms. The fraction of sp³-hybridized carbons (Fsp3) is 0.400. The molecule has 2 aromatic heterocycles. The average molecular weight is 435 g/mol. The molecule has 0 radical (unpaired) electrons. The Morgan fingerprint density at radius 2 is 1.91 bits per heavy atom. The van der Waals surface area contributed by atoms with Crippen molar-refractivity contribution in [2.45, 2.75) is 45.8 Å². The van der Waals surface area contributed by atoms with Crippen LogP contribution in [0.15, 0.2) is 55.0 Å². The van der Waals surface area contributed by atoms with E-state index < -0.39 is 0 Å². The number of aromatic nitrogens is 2. The maximum atomic E-state index is 12.5. The van der Waals surface area contributed by atoms with Gasteiger partial charge in [-0.3, -0.25) is 9.59 Å². The zero-order chi connectivity index (χ0) is 22.5. The van der Waals surface area contributed by atoms with E-state index in [0.29, 0.717) is 12.1 Å². The van der Waals surface area contributed by atoms with Gasteiger partial charge in [-0.05, 0) is 48.4 Å². The SMILES string of the molecule is CC[C@H](C)C(=O)N1CCC(Oc2ccc(C(=O)NCc3ccn4ccnc4c3)cc2)CC1. The van der Waals surface area contributed by atoms with Crippen molar-refractivity contribution in [2.75, 3.05) is 13.1 Å². The number of imidazole rings is 1. The quantitative estimate of drug-likeness (QED) is 0.616. The highest BCUT2D eigenvalue weighted by Gasteiger charge is 2.26. The standard InChI is InChI=1S/C25H30N4O3/c1-3-18(2)25(31)29-13-9-22(10-14-29)32-21-6-4-20(5-7-21)24(30)27-17-19-8-12-28-15-11-26-23(28)16-19/h4-8,11-12,15-16,18,22H,3,9-10,13-14,17H2,1-2H3,(H,27,30)/t18-/m0/s1. The normalized spacial score (nSPS) is 15.5. The largest absolute Gasteiger partial charge is 0.490 e. The predicted molar refractivity (Wildman–Crippen MR) is 122 cm³/mol. The van der Waals surface area contributed by atoms with E-state index in [1.165, 1.54) is 0 Å². The van der Waals surface area contributed by atoms with Gasteiger partial charge in [0.1, 0.15) is 17.5 Å². The third-order valence-electron chi connectivity index (χ3n) is 6.12. The molecule has 32 heavy (non-hydrogen) atoms. The number of rotatable bonds is 7. The molecular formula is C25H30N4O3. The van der Waals surface area contributed by atoms with Gasteiger partial charge in [0.2, 0.25) is 5.91 Å². The van der Waals surface area contributed by atoms with Crippen LogP contribution in [-0.2, 0) is 11.3 Å². The number of piperidine rings is 1. The van der Waals surface area contributed by atoms with E-state index in [0.717, 1.165) is 49.3 Å². The lowest BCUT2D eigenvalue weighted by Crippen LogP contribution is -2.43. The molecule has 1 N–H and O–H groups in total. The van der Waals surface area contributed by atoms with Crippen molar-refractivity contribution in [1.29, 1.82) is 0 Å². The molecular weight excluding hydrogens is 404 g/mol. The summed E-state index contributed by atoms with van der Waals surface area (Å²) < 4.78 is 8.02. The summed E-state index contributed by atoms with van der Waals surface area (Å²) in [6.07, 6.45) is 8.17. The van der Waals surface area contributed by atoms with E-state index in [1.54, 1.807) is 18.3 Å². The smallest absolute Gasteiger partial charge is 0.251 e. The third kappa shape index (κ3) is 5.10. The number of nitrogens with one attached hydrogen (secondary N) is 1. The number of carbonyl (C=O) groups is 2. The maximum Gasteiger partial charge on any atom is 0.251 e. The van der Waals surface area contributed by atoms with Crippen LogP contribution >= 0.6 is 0 Å². The van der Waals surface area contributed by atoms with Gasteiger partial charge >= 0.3 is 0 Å². The summed E-state index contributed by atoms with van der Waals surface area (Å²) in [5.74, 6) is 0.945. The molecule has 0 saturated carbocycles. The monoisotopic (exact) mass is 434 g/mol. The summed E-state index contributed by atoms with van der Waals surface area (Å²) in [7, 11) is 0. The van der Waals surface area contributed by atoms with Gasteiger partial charge in [0.15, 0.2) is 0 Å². The third-order valence-corrected chi connectivity index (χ3v) is 6.12. The Labute approximate surface area is 188 Å². The first-order valence-electron chi connectivity index (χ1n) is 11.3. The van der Waals surface area contributed by atoms with E-state index in [4.69, 9.17) is 4.74 Å². The Balaban J connectivity index is 1.25. The van der Waals surface area contributed by atoms with Crippen molar-refractivity contribution in [2.24, 2.45) is 5.92 Å². The highest BCUT2D eigenvalue weighted by atomic mass is 16.5. The second-order valence-corrected chi connectivity index (χ2v) is 8.39. The minimum Gasteiger partial charge on any atom is -0.490 e. The van der Waals surface area contributed by atoms with E-state index >= 15 is 0 Å².